The number of carbonyl (C=O) groups excluding carboxylic acids is 1. The summed E-state index contributed by atoms with van der Waals surface area (Å²) in [6.07, 6.45) is 4.49. The molecule has 0 radical (unpaired) electrons. The summed E-state index contributed by atoms with van der Waals surface area (Å²) < 4.78 is 1.68. The summed E-state index contributed by atoms with van der Waals surface area (Å²) in [7, 11) is 0. The molecule has 1 aromatic heterocycles. The first-order valence-electron chi connectivity index (χ1n) is 4.43. The number of benzene rings is 1. The van der Waals surface area contributed by atoms with Crippen molar-refractivity contribution in [1.82, 2.24) is 9.97 Å². The third kappa shape index (κ3) is 2.54. The third-order valence-electron chi connectivity index (χ3n) is 1.92. The van der Waals surface area contributed by atoms with E-state index in [0.29, 0.717) is 11.3 Å². The van der Waals surface area contributed by atoms with Crippen LogP contribution in [0.25, 0.3) is 0 Å². The fourth-order valence-electron chi connectivity index (χ4n) is 1.25. The van der Waals surface area contributed by atoms with Gasteiger partial charge in [0.05, 0.1) is 6.20 Å². The van der Waals surface area contributed by atoms with Crippen LogP contribution in [0.5, 0.6) is 0 Å². The van der Waals surface area contributed by atoms with Crippen molar-refractivity contribution < 1.29 is 4.79 Å². The lowest BCUT2D eigenvalue weighted by atomic mass is 10.1. The molecule has 1 heterocycles. The maximum Gasteiger partial charge on any atom is 0.213 e. The number of nitrogens with zero attached hydrogens (tertiary/aromatic N) is 2. The number of halogens is 2. The van der Waals surface area contributed by atoms with Crippen LogP contribution in [-0.4, -0.2) is 15.8 Å². The highest BCUT2D eigenvalue weighted by Gasteiger charge is 2.11. The lowest BCUT2D eigenvalue weighted by molar-refractivity contribution is 0.103. The second-order valence-electron chi connectivity index (χ2n) is 3.08. The first-order chi connectivity index (χ1) is 7.66. The molecule has 0 atom stereocenters. The van der Waals surface area contributed by atoms with Crippen molar-refractivity contribution in [3.05, 3.63) is 57.0 Å². The minimum atomic E-state index is -0.143. The number of aromatic nitrogens is 2. The molecule has 1 aromatic carbocycles. The average Bonchev–Trinajstić information content (AvgIpc) is 2.28. The molecular formula is C11H6Br2N2O. The van der Waals surface area contributed by atoms with Gasteiger partial charge in [-0.25, -0.2) is 4.98 Å². The molecule has 0 amide bonds. The number of rotatable bonds is 2. The molecule has 0 aliphatic carbocycles. The van der Waals surface area contributed by atoms with Crippen LogP contribution in [0.3, 0.4) is 0 Å². The second kappa shape index (κ2) is 4.84. The maximum absolute atomic E-state index is 12.0. The van der Waals surface area contributed by atoms with Gasteiger partial charge in [0.2, 0.25) is 5.78 Å². The Kier molecular flexibility index (Phi) is 3.46. The Labute approximate surface area is 109 Å². The molecule has 0 N–H and O–H groups in total. The molecule has 80 valence electrons. The molecule has 0 saturated carbocycles. The van der Waals surface area contributed by atoms with Crippen molar-refractivity contribution in [2.75, 3.05) is 0 Å². The molecule has 3 nitrogen and oxygen atoms in total. The summed E-state index contributed by atoms with van der Waals surface area (Å²) in [6, 6.07) is 5.37. The van der Waals surface area contributed by atoms with Gasteiger partial charge in [-0.05, 0) is 18.2 Å². The van der Waals surface area contributed by atoms with Crippen LogP contribution >= 0.6 is 31.9 Å². The highest BCUT2D eigenvalue weighted by Crippen LogP contribution is 2.21. The van der Waals surface area contributed by atoms with Crippen molar-refractivity contribution in [2.24, 2.45) is 0 Å². The maximum atomic E-state index is 12.0. The van der Waals surface area contributed by atoms with Crippen molar-refractivity contribution in [3.8, 4) is 0 Å². The van der Waals surface area contributed by atoms with E-state index in [-0.39, 0.29) is 5.78 Å². The molecule has 0 saturated heterocycles. The topological polar surface area (TPSA) is 42.9 Å². The van der Waals surface area contributed by atoms with Crippen LogP contribution in [-0.2, 0) is 0 Å². The van der Waals surface area contributed by atoms with Crippen molar-refractivity contribution in [2.45, 2.75) is 0 Å². The molecule has 2 aromatic rings. The Morgan fingerprint density at radius 3 is 2.31 bits per heavy atom. The number of hydrogen-bond donors (Lipinski definition) is 0. The van der Waals surface area contributed by atoms with E-state index in [1.807, 2.05) is 6.07 Å². The fraction of sp³-hybridized carbons (Fsp3) is 0. The highest BCUT2D eigenvalue weighted by atomic mass is 79.9. The quantitative estimate of drug-likeness (QED) is 0.787. The van der Waals surface area contributed by atoms with Gasteiger partial charge >= 0.3 is 0 Å². The number of carbonyl (C=O) groups is 1. The Morgan fingerprint density at radius 2 is 1.75 bits per heavy atom. The zero-order chi connectivity index (χ0) is 11.5. The normalized spacial score (nSPS) is 10.1. The van der Waals surface area contributed by atoms with Crippen molar-refractivity contribution >= 4 is 37.6 Å². The van der Waals surface area contributed by atoms with E-state index in [9.17, 15) is 4.79 Å². The Balaban J connectivity index is 2.42. The molecule has 0 aliphatic rings. The van der Waals surface area contributed by atoms with Gasteiger partial charge in [-0.15, -0.1) is 0 Å². The zero-order valence-corrected chi connectivity index (χ0v) is 11.2. The zero-order valence-electron chi connectivity index (χ0n) is 8.02. The molecule has 0 unspecified atom stereocenters. The van der Waals surface area contributed by atoms with E-state index in [2.05, 4.69) is 41.8 Å². The summed E-state index contributed by atoms with van der Waals surface area (Å²) in [4.78, 5) is 19.8. The first kappa shape index (κ1) is 11.4. The summed E-state index contributed by atoms with van der Waals surface area (Å²) >= 11 is 6.67. The average molecular weight is 342 g/mol. The Morgan fingerprint density at radius 1 is 1.06 bits per heavy atom. The van der Waals surface area contributed by atoms with Gasteiger partial charge in [-0.3, -0.25) is 9.78 Å². The van der Waals surface area contributed by atoms with E-state index in [1.54, 1.807) is 12.1 Å². The summed E-state index contributed by atoms with van der Waals surface area (Å²) in [5.74, 6) is -0.143. The van der Waals surface area contributed by atoms with E-state index < -0.39 is 0 Å². The summed E-state index contributed by atoms with van der Waals surface area (Å²) in [5, 5.41) is 0. The van der Waals surface area contributed by atoms with Gasteiger partial charge in [0, 0.05) is 26.9 Å². The molecule has 16 heavy (non-hydrogen) atoms. The monoisotopic (exact) mass is 340 g/mol. The molecule has 0 spiro atoms. The predicted molar refractivity (Wildman–Crippen MR) is 67.3 cm³/mol. The van der Waals surface area contributed by atoms with Gasteiger partial charge in [0.15, 0.2) is 0 Å². The van der Waals surface area contributed by atoms with E-state index in [1.165, 1.54) is 18.6 Å². The smallest absolute Gasteiger partial charge is 0.213 e. The van der Waals surface area contributed by atoms with Crippen molar-refractivity contribution in [3.63, 3.8) is 0 Å². The van der Waals surface area contributed by atoms with Crippen LogP contribution in [0.4, 0.5) is 0 Å². The van der Waals surface area contributed by atoms with E-state index in [4.69, 9.17) is 0 Å². The van der Waals surface area contributed by atoms with E-state index in [0.717, 1.165) is 8.95 Å². The second-order valence-corrected chi connectivity index (χ2v) is 4.91. The standard InChI is InChI=1S/C11H6Br2N2O/c12-8-3-7(4-9(13)5-8)11(16)10-6-14-1-2-15-10/h1-6H. The first-order valence-corrected chi connectivity index (χ1v) is 6.02. The molecule has 0 fully saturated rings. The van der Waals surface area contributed by atoms with Gasteiger partial charge in [-0.1, -0.05) is 31.9 Å². The Hall–Kier alpha value is -1.07. The minimum Gasteiger partial charge on any atom is -0.287 e. The number of ketones is 1. The Bertz CT molecular complexity index is 509. The largest absolute Gasteiger partial charge is 0.287 e. The van der Waals surface area contributed by atoms with Crippen LogP contribution < -0.4 is 0 Å². The van der Waals surface area contributed by atoms with Crippen LogP contribution in [0.1, 0.15) is 16.1 Å². The SMILES string of the molecule is O=C(c1cc(Br)cc(Br)c1)c1cnccn1. The third-order valence-corrected chi connectivity index (χ3v) is 2.84. The molecule has 2 rings (SSSR count). The highest BCUT2D eigenvalue weighted by molar-refractivity contribution is 9.11. The minimum absolute atomic E-state index is 0.143. The summed E-state index contributed by atoms with van der Waals surface area (Å²) in [5.41, 5.74) is 0.911. The van der Waals surface area contributed by atoms with Crippen LogP contribution in [0, 0.1) is 0 Å². The van der Waals surface area contributed by atoms with Gasteiger partial charge in [0.1, 0.15) is 5.69 Å². The lowest BCUT2D eigenvalue weighted by Crippen LogP contribution is -2.04. The number of hydrogen-bond acceptors (Lipinski definition) is 3. The molecule has 0 aliphatic heterocycles. The fourth-order valence-corrected chi connectivity index (χ4v) is 2.54. The van der Waals surface area contributed by atoms with Crippen LogP contribution in [0.2, 0.25) is 0 Å². The molecule has 0 bridgehead atoms. The van der Waals surface area contributed by atoms with Crippen molar-refractivity contribution in [1.29, 1.82) is 0 Å². The molecule has 5 heteroatoms. The van der Waals surface area contributed by atoms with Gasteiger partial charge < -0.3 is 0 Å². The molecular weight excluding hydrogens is 336 g/mol. The van der Waals surface area contributed by atoms with Gasteiger partial charge in [-0.2, -0.15) is 0 Å². The van der Waals surface area contributed by atoms with E-state index >= 15 is 0 Å². The predicted octanol–water partition coefficient (Wildman–Crippen LogP) is 3.23. The summed E-state index contributed by atoms with van der Waals surface area (Å²) in [6.45, 7) is 0. The van der Waals surface area contributed by atoms with Gasteiger partial charge in [0.25, 0.3) is 0 Å². The lowest BCUT2D eigenvalue weighted by Gasteiger charge is -2.01. The van der Waals surface area contributed by atoms with Crippen LogP contribution in [0.15, 0.2) is 45.7 Å².